The molecule has 0 spiro atoms. The van der Waals surface area contributed by atoms with E-state index >= 15 is 0 Å². The van der Waals surface area contributed by atoms with Gasteiger partial charge in [-0.3, -0.25) is 9.48 Å². The van der Waals surface area contributed by atoms with Gasteiger partial charge in [-0.15, -0.1) is 12.6 Å². The molecule has 3 N–H and O–H groups in total. The number of benzene rings is 1. The first kappa shape index (κ1) is 15.5. The SMILES string of the molecule is CCc1ccc([C@@H](C2=C(O)N[C@@H](S)NC2=O)n2cccn2)cc1. The average Bonchev–Trinajstić information content (AvgIpc) is 3.05. The van der Waals surface area contributed by atoms with Gasteiger partial charge in [0.2, 0.25) is 0 Å². The van der Waals surface area contributed by atoms with Crippen molar-refractivity contribution in [3.8, 4) is 0 Å². The van der Waals surface area contributed by atoms with Crippen LogP contribution < -0.4 is 10.6 Å². The maximum Gasteiger partial charge on any atom is 0.257 e. The van der Waals surface area contributed by atoms with E-state index in [1.807, 2.05) is 24.3 Å². The number of aliphatic hydroxyl groups is 1. The molecule has 7 heteroatoms. The zero-order valence-electron chi connectivity index (χ0n) is 12.6. The molecule has 2 heterocycles. The maximum absolute atomic E-state index is 12.4. The van der Waals surface area contributed by atoms with Crippen molar-refractivity contribution in [3.05, 3.63) is 65.3 Å². The summed E-state index contributed by atoms with van der Waals surface area (Å²) in [6, 6.07) is 9.18. The zero-order valence-corrected chi connectivity index (χ0v) is 13.5. The summed E-state index contributed by atoms with van der Waals surface area (Å²) in [6.45, 7) is 2.08. The Labute approximate surface area is 139 Å². The molecule has 1 aliphatic heterocycles. The molecule has 1 aromatic carbocycles. The number of hydrogen-bond donors (Lipinski definition) is 4. The van der Waals surface area contributed by atoms with E-state index in [0.717, 1.165) is 12.0 Å². The second kappa shape index (κ2) is 6.37. The lowest BCUT2D eigenvalue weighted by molar-refractivity contribution is -0.119. The largest absolute Gasteiger partial charge is 0.494 e. The first-order valence-corrected chi connectivity index (χ1v) is 7.88. The van der Waals surface area contributed by atoms with Crippen molar-refractivity contribution in [2.24, 2.45) is 0 Å². The molecule has 0 aliphatic carbocycles. The van der Waals surface area contributed by atoms with E-state index in [0.29, 0.717) is 0 Å². The fourth-order valence-electron chi connectivity index (χ4n) is 2.63. The molecular formula is C16H18N4O2S. The van der Waals surface area contributed by atoms with E-state index in [4.69, 9.17) is 0 Å². The number of carbonyl (C=O) groups is 1. The first-order chi connectivity index (χ1) is 11.1. The number of carbonyl (C=O) groups excluding carboxylic acids is 1. The van der Waals surface area contributed by atoms with Crippen molar-refractivity contribution in [2.75, 3.05) is 0 Å². The number of amides is 1. The van der Waals surface area contributed by atoms with E-state index < -0.39 is 11.5 Å². The van der Waals surface area contributed by atoms with E-state index in [1.54, 1.807) is 23.1 Å². The molecule has 0 saturated heterocycles. The molecule has 0 saturated carbocycles. The van der Waals surface area contributed by atoms with Crippen molar-refractivity contribution in [1.82, 2.24) is 20.4 Å². The normalized spacial score (nSPS) is 19.2. The molecule has 0 bridgehead atoms. The van der Waals surface area contributed by atoms with Crippen LogP contribution in [-0.2, 0) is 11.2 Å². The van der Waals surface area contributed by atoms with Crippen LogP contribution in [0, 0.1) is 0 Å². The lowest BCUT2D eigenvalue weighted by Gasteiger charge is -2.28. The zero-order chi connectivity index (χ0) is 16.4. The minimum Gasteiger partial charge on any atom is -0.494 e. The number of rotatable bonds is 4. The summed E-state index contributed by atoms with van der Waals surface area (Å²) >= 11 is 4.12. The fourth-order valence-corrected chi connectivity index (χ4v) is 2.87. The minimum absolute atomic E-state index is 0.186. The highest BCUT2D eigenvalue weighted by Gasteiger charge is 2.33. The molecule has 0 unspecified atom stereocenters. The lowest BCUT2D eigenvalue weighted by Crippen LogP contribution is -2.49. The molecule has 2 aromatic rings. The number of hydrogen-bond acceptors (Lipinski definition) is 5. The van der Waals surface area contributed by atoms with Gasteiger partial charge in [-0.2, -0.15) is 5.10 Å². The second-order valence-electron chi connectivity index (χ2n) is 5.27. The molecule has 6 nitrogen and oxygen atoms in total. The van der Waals surface area contributed by atoms with Crippen molar-refractivity contribution >= 4 is 18.5 Å². The monoisotopic (exact) mass is 330 g/mol. The van der Waals surface area contributed by atoms with Crippen molar-refractivity contribution < 1.29 is 9.90 Å². The van der Waals surface area contributed by atoms with Gasteiger partial charge in [0.1, 0.15) is 17.1 Å². The van der Waals surface area contributed by atoms with Gasteiger partial charge in [-0.05, 0) is 23.6 Å². The van der Waals surface area contributed by atoms with Crippen LogP contribution in [0.15, 0.2) is 54.2 Å². The van der Waals surface area contributed by atoms with Gasteiger partial charge in [0.25, 0.3) is 5.91 Å². The summed E-state index contributed by atoms with van der Waals surface area (Å²) in [6.07, 6.45) is 4.34. The molecule has 1 aromatic heterocycles. The Morgan fingerprint density at radius 3 is 2.65 bits per heavy atom. The molecule has 0 radical (unpaired) electrons. The Morgan fingerprint density at radius 1 is 1.35 bits per heavy atom. The molecule has 120 valence electrons. The quantitative estimate of drug-likeness (QED) is 0.644. The highest BCUT2D eigenvalue weighted by molar-refractivity contribution is 7.80. The first-order valence-electron chi connectivity index (χ1n) is 7.36. The van der Waals surface area contributed by atoms with Crippen LogP contribution in [0.5, 0.6) is 0 Å². The summed E-state index contributed by atoms with van der Waals surface area (Å²) < 4.78 is 1.65. The van der Waals surface area contributed by atoms with Crippen LogP contribution in [0.25, 0.3) is 0 Å². The smallest absolute Gasteiger partial charge is 0.257 e. The van der Waals surface area contributed by atoms with Crippen LogP contribution in [-0.4, -0.2) is 26.3 Å². The highest BCUT2D eigenvalue weighted by Crippen LogP contribution is 2.29. The van der Waals surface area contributed by atoms with E-state index in [1.165, 1.54) is 5.56 Å². The average molecular weight is 330 g/mol. The van der Waals surface area contributed by atoms with Crippen molar-refractivity contribution in [3.63, 3.8) is 0 Å². The molecular weight excluding hydrogens is 312 g/mol. The van der Waals surface area contributed by atoms with Gasteiger partial charge in [-0.25, -0.2) is 0 Å². The standard InChI is InChI=1S/C16H18N4O2S/c1-2-10-4-6-11(7-5-10)13(20-9-3-8-17-20)12-14(21)18-16(23)19-15(12)22/h3-9,13,16,18,21,23H,2H2,1H3,(H,19,22)/t13-,16+/m0/s1. The van der Waals surface area contributed by atoms with E-state index in [9.17, 15) is 9.90 Å². The van der Waals surface area contributed by atoms with Gasteiger partial charge in [0.05, 0.1) is 0 Å². The maximum atomic E-state index is 12.4. The lowest BCUT2D eigenvalue weighted by atomic mass is 9.96. The van der Waals surface area contributed by atoms with Gasteiger partial charge in [-0.1, -0.05) is 31.2 Å². The second-order valence-corrected chi connectivity index (χ2v) is 5.78. The molecule has 0 fully saturated rings. The number of nitrogens with zero attached hydrogens (tertiary/aromatic N) is 2. The number of aryl methyl sites for hydroxylation is 1. The summed E-state index contributed by atoms with van der Waals surface area (Å²) in [5.41, 5.74) is 1.66. The van der Waals surface area contributed by atoms with Gasteiger partial charge < -0.3 is 15.7 Å². The number of thiol groups is 1. The minimum atomic E-state index is -0.619. The summed E-state index contributed by atoms with van der Waals surface area (Å²) in [4.78, 5) is 12.4. The van der Waals surface area contributed by atoms with Crippen LogP contribution >= 0.6 is 12.6 Å². The van der Waals surface area contributed by atoms with Gasteiger partial charge >= 0.3 is 0 Å². The molecule has 1 aliphatic rings. The molecule has 2 atom stereocenters. The Kier molecular flexibility index (Phi) is 4.29. The Bertz CT molecular complexity index is 725. The summed E-state index contributed by atoms with van der Waals surface area (Å²) in [5.74, 6) is -0.560. The topological polar surface area (TPSA) is 79.2 Å². The summed E-state index contributed by atoms with van der Waals surface area (Å²) in [7, 11) is 0. The van der Waals surface area contributed by atoms with Crippen LogP contribution in [0.3, 0.4) is 0 Å². The molecule has 3 rings (SSSR count). The van der Waals surface area contributed by atoms with Crippen molar-refractivity contribution in [1.29, 1.82) is 0 Å². The molecule has 1 amide bonds. The third-order valence-electron chi connectivity index (χ3n) is 3.81. The fraction of sp³-hybridized carbons (Fsp3) is 0.250. The third kappa shape index (κ3) is 3.05. The predicted octanol–water partition coefficient (Wildman–Crippen LogP) is 1.74. The Balaban J connectivity index is 2.09. The van der Waals surface area contributed by atoms with E-state index in [2.05, 4.69) is 35.3 Å². The Hall–Kier alpha value is -2.41. The van der Waals surface area contributed by atoms with Crippen LogP contribution in [0.4, 0.5) is 0 Å². The Morgan fingerprint density at radius 2 is 2.09 bits per heavy atom. The molecule has 23 heavy (non-hydrogen) atoms. The van der Waals surface area contributed by atoms with Gasteiger partial charge in [0, 0.05) is 12.4 Å². The number of nitrogens with one attached hydrogen (secondary N) is 2. The van der Waals surface area contributed by atoms with E-state index in [-0.39, 0.29) is 17.4 Å². The number of aliphatic hydroxyl groups excluding tert-OH is 1. The van der Waals surface area contributed by atoms with Crippen molar-refractivity contribution in [2.45, 2.75) is 24.9 Å². The van der Waals surface area contributed by atoms with Crippen LogP contribution in [0.1, 0.15) is 24.1 Å². The highest BCUT2D eigenvalue weighted by atomic mass is 32.1. The van der Waals surface area contributed by atoms with Gasteiger partial charge in [0.15, 0.2) is 5.88 Å². The third-order valence-corrected chi connectivity index (χ3v) is 4.07. The number of aromatic nitrogens is 2. The van der Waals surface area contributed by atoms with Crippen LogP contribution in [0.2, 0.25) is 0 Å². The predicted molar refractivity (Wildman–Crippen MR) is 89.9 cm³/mol. The summed E-state index contributed by atoms with van der Waals surface area (Å²) in [5, 5.41) is 19.9.